The number of rotatable bonds is 6. The van der Waals surface area contributed by atoms with E-state index in [0.717, 1.165) is 17.5 Å². The Bertz CT molecular complexity index is 469. The number of esters is 1. The maximum absolute atomic E-state index is 11.8. The standard InChI is InChI=1S/C16H25NO3/c1-6-13(17)12-8-9-14(11(3)10-12)20-16(4,5)15(18)19-7-2/h8-10,13H,6-7,17H2,1-5H3. The molecule has 20 heavy (non-hydrogen) atoms. The molecule has 0 amide bonds. The molecule has 2 N–H and O–H groups in total. The molecule has 0 aliphatic heterocycles. The Hall–Kier alpha value is -1.55. The van der Waals surface area contributed by atoms with Crippen LogP contribution in [0.4, 0.5) is 0 Å². The van der Waals surface area contributed by atoms with E-state index in [9.17, 15) is 4.79 Å². The number of hydrogen-bond acceptors (Lipinski definition) is 4. The molecule has 4 heteroatoms. The van der Waals surface area contributed by atoms with Gasteiger partial charge in [-0.3, -0.25) is 0 Å². The third kappa shape index (κ3) is 3.97. The summed E-state index contributed by atoms with van der Waals surface area (Å²) < 4.78 is 10.8. The lowest BCUT2D eigenvalue weighted by Crippen LogP contribution is -2.39. The molecule has 0 heterocycles. The van der Waals surface area contributed by atoms with E-state index in [0.29, 0.717) is 12.4 Å². The van der Waals surface area contributed by atoms with Gasteiger partial charge in [0.15, 0.2) is 5.60 Å². The van der Waals surface area contributed by atoms with E-state index in [1.165, 1.54) is 0 Å². The Labute approximate surface area is 121 Å². The van der Waals surface area contributed by atoms with Crippen molar-refractivity contribution in [2.45, 2.75) is 52.7 Å². The summed E-state index contributed by atoms with van der Waals surface area (Å²) in [4.78, 5) is 11.8. The molecule has 0 aliphatic rings. The van der Waals surface area contributed by atoms with Crippen molar-refractivity contribution in [1.29, 1.82) is 0 Å². The van der Waals surface area contributed by atoms with E-state index >= 15 is 0 Å². The summed E-state index contributed by atoms with van der Waals surface area (Å²) in [5.74, 6) is 0.309. The fraction of sp³-hybridized carbons (Fsp3) is 0.562. The Morgan fingerprint density at radius 2 is 2.00 bits per heavy atom. The quantitative estimate of drug-likeness (QED) is 0.813. The molecule has 0 spiro atoms. The number of carbonyl (C=O) groups is 1. The van der Waals surface area contributed by atoms with Gasteiger partial charge >= 0.3 is 5.97 Å². The summed E-state index contributed by atoms with van der Waals surface area (Å²) in [6.07, 6.45) is 0.883. The van der Waals surface area contributed by atoms with Crippen LogP contribution in [0.5, 0.6) is 5.75 Å². The van der Waals surface area contributed by atoms with Crippen molar-refractivity contribution < 1.29 is 14.3 Å². The van der Waals surface area contributed by atoms with Crippen molar-refractivity contribution >= 4 is 5.97 Å². The Balaban J connectivity index is 2.90. The zero-order valence-electron chi connectivity index (χ0n) is 13.0. The lowest BCUT2D eigenvalue weighted by atomic mass is 10.0. The zero-order valence-corrected chi connectivity index (χ0v) is 13.0. The van der Waals surface area contributed by atoms with Gasteiger partial charge in [-0.15, -0.1) is 0 Å². The normalized spacial score (nSPS) is 12.9. The molecule has 0 aromatic heterocycles. The molecule has 0 radical (unpaired) electrons. The van der Waals surface area contributed by atoms with Gasteiger partial charge in [-0.2, -0.15) is 0 Å². The van der Waals surface area contributed by atoms with Crippen molar-refractivity contribution in [2.24, 2.45) is 5.73 Å². The zero-order chi connectivity index (χ0) is 15.3. The van der Waals surface area contributed by atoms with Crippen molar-refractivity contribution in [2.75, 3.05) is 6.61 Å². The molecule has 0 fully saturated rings. The lowest BCUT2D eigenvalue weighted by Gasteiger charge is -2.25. The number of nitrogens with two attached hydrogens (primary N) is 1. The topological polar surface area (TPSA) is 61.5 Å². The van der Waals surface area contributed by atoms with Crippen LogP contribution in [-0.2, 0) is 9.53 Å². The van der Waals surface area contributed by atoms with Gasteiger partial charge in [0.05, 0.1) is 6.61 Å². The molecule has 112 valence electrons. The molecule has 1 aromatic rings. The number of benzene rings is 1. The minimum absolute atomic E-state index is 0.0285. The largest absolute Gasteiger partial charge is 0.476 e. The minimum atomic E-state index is -1.00. The second-order valence-electron chi connectivity index (χ2n) is 5.37. The maximum Gasteiger partial charge on any atom is 0.349 e. The Kier molecular flexibility index (Phi) is 5.57. The fourth-order valence-corrected chi connectivity index (χ4v) is 1.87. The number of aryl methyl sites for hydroxylation is 1. The highest BCUT2D eigenvalue weighted by Crippen LogP contribution is 2.27. The van der Waals surface area contributed by atoms with Crippen molar-refractivity contribution in [3.63, 3.8) is 0 Å². The van der Waals surface area contributed by atoms with Gasteiger partial charge in [0.25, 0.3) is 0 Å². The third-order valence-electron chi connectivity index (χ3n) is 3.20. The highest BCUT2D eigenvalue weighted by atomic mass is 16.6. The average molecular weight is 279 g/mol. The average Bonchev–Trinajstić information content (AvgIpc) is 2.40. The van der Waals surface area contributed by atoms with Crippen LogP contribution in [0.3, 0.4) is 0 Å². The fourth-order valence-electron chi connectivity index (χ4n) is 1.87. The highest BCUT2D eigenvalue weighted by molar-refractivity contribution is 5.79. The molecular formula is C16H25NO3. The molecular weight excluding hydrogens is 254 g/mol. The van der Waals surface area contributed by atoms with Gasteiger partial charge in [-0.1, -0.05) is 19.1 Å². The highest BCUT2D eigenvalue weighted by Gasteiger charge is 2.32. The van der Waals surface area contributed by atoms with Gasteiger partial charge in [0.2, 0.25) is 0 Å². The van der Waals surface area contributed by atoms with Crippen LogP contribution in [0, 0.1) is 6.92 Å². The molecule has 1 atom stereocenters. The molecule has 0 aliphatic carbocycles. The molecule has 1 aromatic carbocycles. The molecule has 4 nitrogen and oxygen atoms in total. The first kappa shape index (κ1) is 16.5. The van der Waals surface area contributed by atoms with E-state index in [4.69, 9.17) is 15.2 Å². The molecule has 0 bridgehead atoms. The van der Waals surface area contributed by atoms with Crippen molar-refractivity contribution in [1.82, 2.24) is 0 Å². The summed E-state index contributed by atoms with van der Waals surface area (Å²) in [6.45, 7) is 9.53. The number of carbonyl (C=O) groups excluding carboxylic acids is 1. The van der Waals surface area contributed by atoms with E-state index < -0.39 is 5.60 Å². The SMILES string of the molecule is CCOC(=O)C(C)(C)Oc1ccc(C(N)CC)cc1C. The van der Waals surface area contributed by atoms with Crippen LogP contribution in [0.15, 0.2) is 18.2 Å². The van der Waals surface area contributed by atoms with Crippen LogP contribution in [-0.4, -0.2) is 18.2 Å². The van der Waals surface area contributed by atoms with Crippen LogP contribution in [0.2, 0.25) is 0 Å². The van der Waals surface area contributed by atoms with Gasteiger partial charge < -0.3 is 15.2 Å². The lowest BCUT2D eigenvalue weighted by molar-refractivity contribution is -0.158. The second-order valence-corrected chi connectivity index (χ2v) is 5.37. The van der Waals surface area contributed by atoms with Crippen LogP contribution in [0.1, 0.15) is 51.3 Å². The molecule has 0 saturated carbocycles. The first-order chi connectivity index (χ1) is 9.31. The summed E-state index contributed by atoms with van der Waals surface area (Å²) in [7, 11) is 0. The number of hydrogen-bond donors (Lipinski definition) is 1. The van der Waals surface area contributed by atoms with Gasteiger partial charge in [-0.25, -0.2) is 4.79 Å². The van der Waals surface area contributed by atoms with E-state index in [1.807, 2.05) is 32.0 Å². The summed E-state index contributed by atoms with van der Waals surface area (Å²) in [5, 5.41) is 0. The first-order valence-corrected chi connectivity index (χ1v) is 7.04. The van der Waals surface area contributed by atoms with Crippen LogP contribution in [0.25, 0.3) is 0 Å². The third-order valence-corrected chi connectivity index (χ3v) is 3.20. The smallest absolute Gasteiger partial charge is 0.349 e. The van der Waals surface area contributed by atoms with E-state index in [1.54, 1.807) is 20.8 Å². The molecule has 0 saturated heterocycles. The predicted molar refractivity (Wildman–Crippen MR) is 79.7 cm³/mol. The summed E-state index contributed by atoms with van der Waals surface area (Å²) in [5.41, 5.74) is 7.05. The monoisotopic (exact) mass is 279 g/mol. The van der Waals surface area contributed by atoms with E-state index in [-0.39, 0.29) is 12.0 Å². The predicted octanol–water partition coefficient (Wildman–Crippen LogP) is 3.13. The minimum Gasteiger partial charge on any atom is -0.476 e. The van der Waals surface area contributed by atoms with Crippen LogP contribution >= 0.6 is 0 Å². The Morgan fingerprint density at radius 1 is 1.35 bits per heavy atom. The Morgan fingerprint density at radius 3 is 2.50 bits per heavy atom. The van der Waals surface area contributed by atoms with Crippen LogP contribution < -0.4 is 10.5 Å². The van der Waals surface area contributed by atoms with Gasteiger partial charge in [0.1, 0.15) is 5.75 Å². The molecule has 1 unspecified atom stereocenters. The second kappa shape index (κ2) is 6.75. The maximum atomic E-state index is 11.8. The van der Waals surface area contributed by atoms with E-state index in [2.05, 4.69) is 0 Å². The van der Waals surface area contributed by atoms with Gasteiger partial charge in [0, 0.05) is 6.04 Å². The molecule has 1 rings (SSSR count). The number of ether oxygens (including phenoxy) is 2. The summed E-state index contributed by atoms with van der Waals surface area (Å²) in [6, 6.07) is 5.84. The first-order valence-electron chi connectivity index (χ1n) is 7.04. The van der Waals surface area contributed by atoms with Crippen molar-refractivity contribution in [3.05, 3.63) is 29.3 Å². The summed E-state index contributed by atoms with van der Waals surface area (Å²) >= 11 is 0. The van der Waals surface area contributed by atoms with Crippen molar-refractivity contribution in [3.8, 4) is 5.75 Å². The van der Waals surface area contributed by atoms with Gasteiger partial charge in [-0.05, 0) is 51.3 Å².